The highest BCUT2D eigenvalue weighted by Gasteiger charge is 2.46. The van der Waals surface area contributed by atoms with Crippen LogP contribution in [0.1, 0.15) is 24.0 Å². The molecular formula is C18H20Cl2N2O. The second-order valence-electron chi connectivity index (χ2n) is 6.19. The van der Waals surface area contributed by atoms with E-state index in [9.17, 15) is 5.11 Å². The number of pyridine rings is 1. The van der Waals surface area contributed by atoms with Crippen LogP contribution in [-0.2, 0) is 12.0 Å². The minimum absolute atomic E-state index is 0.0872. The molecule has 0 radical (unpaired) electrons. The summed E-state index contributed by atoms with van der Waals surface area (Å²) in [6, 6.07) is 9.79. The van der Waals surface area contributed by atoms with E-state index in [1.165, 1.54) is 11.1 Å². The number of halogens is 2. The van der Waals surface area contributed by atoms with Crippen molar-refractivity contribution in [3.8, 4) is 0 Å². The molecule has 1 fully saturated rings. The third-order valence-electron chi connectivity index (χ3n) is 4.45. The van der Waals surface area contributed by atoms with E-state index in [-0.39, 0.29) is 12.0 Å². The fourth-order valence-corrected chi connectivity index (χ4v) is 3.72. The summed E-state index contributed by atoms with van der Waals surface area (Å²) in [6.07, 6.45) is 5.84. The van der Waals surface area contributed by atoms with Crippen LogP contribution in [0.5, 0.6) is 0 Å². The van der Waals surface area contributed by atoms with Crippen LogP contribution in [0, 0.1) is 0 Å². The smallest absolute Gasteiger partial charge is 0.0558 e. The van der Waals surface area contributed by atoms with E-state index in [1.54, 1.807) is 12.4 Å². The lowest BCUT2D eigenvalue weighted by Gasteiger charge is -2.28. The number of hydrogen-bond donors (Lipinski definition) is 1. The normalized spacial score (nSPS) is 15.8. The lowest BCUT2D eigenvalue weighted by molar-refractivity contribution is 0.178. The lowest BCUT2D eigenvalue weighted by atomic mass is 9.95. The molecule has 0 amide bonds. The van der Waals surface area contributed by atoms with Crippen molar-refractivity contribution < 1.29 is 5.11 Å². The van der Waals surface area contributed by atoms with Gasteiger partial charge in [0, 0.05) is 47.5 Å². The molecule has 1 aliphatic rings. The van der Waals surface area contributed by atoms with E-state index in [1.807, 2.05) is 30.3 Å². The third-order valence-corrected chi connectivity index (χ3v) is 5.00. The van der Waals surface area contributed by atoms with Gasteiger partial charge in [-0.25, -0.2) is 0 Å². The fraction of sp³-hybridized carbons (Fsp3) is 0.389. The molecule has 0 unspecified atom stereocenters. The quantitative estimate of drug-likeness (QED) is 0.822. The van der Waals surface area contributed by atoms with Crippen molar-refractivity contribution in [2.75, 3.05) is 19.7 Å². The Hall–Kier alpha value is -1.13. The largest absolute Gasteiger partial charge is 0.395 e. The molecule has 2 aromatic rings. The maximum Gasteiger partial charge on any atom is 0.0558 e. The Bertz CT molecular complexity index is 659. The van der Waals surface area contributed by atoms with Gasteiger partial charge in [0.15, 0.2) is 0 Å². The first kappa shape index (κ1) is 16.7. The maximum atomic E-state index is 9.40. The van der Waals surface area contributed by atoms with E-state index in [0.717, 1.165) is 31.0 Å². The molecule has 3 nitrogen and oxygen atoms in total. The van der Waals surface area contributed by atoms with Crippen molar-refractivity contribution in [3.05, 3.63) is 63.9 Å². The second-order valence-corrected chi connectivity index (χ2v) is 7.04. The fourth-order valence-electron chi connectivity index (χ4n) is 3.11. The molecule has 23 heavy (non-hydrogen) atoms. The molecule has 3 rings (SSSR count). The van der Waals surface area contributed by atoms with Crippen LogP contribution in [0.3, 0.4) is 0 Å². The zero-order chi connectivity index (χ0) is 16.3. The van der Waals surface area contributed by atoms with Crippen molar-refractivity contribution in [1.82, 2.24) is 9.88 Å². The van der Waals surface area contributed by atoms with Gasteiger partial charge in [0.2, 0.25) is 0 Å². The minimum Gasteiger partial charge on any atom is -0.395 e. The van der Waals surface area contributed by atoms with Crippen molar-refractivity contribution in [2.24, 2.45) is 0 Å². The summed E-state index contributed by atoms with van der Waals surface area (Å²) in [4.78, 5) is 6.34. The van der Waals surface area contributed by atoms with Gasteiger partial charge in [0.1, 0.15) is 0 Å². The second kappa shape index (κ2) is 7.18. The summed E-state index contributed by atoms with van der Waals surface area (Å²) in [5, 5.41) is 10.8. The van der Waals surface area contributed by atoms with Gasteiger partial charge in [0.25, 0.3) is 0 Å². The van der Waals surface area contributed by atoms with E-state index in [0.29, 0.717) is 11.6 Å². The lowest BCUT2D eigenvalue weighted by Crippen LogP contribution is -2.34. The van der Waals surface area contributed by atoms with Gasteiger partial charge >= 0.3 is 0 Å². The Morgan fingerprint density at radius 3 is 2.48 bits per heavy atom. The van der Waals surface area contributed by atoms with Crippen LogP contribution in [0.25, 0.3) is 0 Å². The summed E-state index contributed by atoms with van der Waals surface area (Å²) in [7, 11) is 0. The first-order chi connectivity index (χ1) is 11.1. The van der Waals surface area contributed by atoms with Crippen LogP contribution in [0.4, 0.5) is 0 Å². The minimum atomic E-state index is 0.0872. The molecule has 5 heteroatoms. The molecule has 1 heterocycles. The molecular weight excluding hydrogens is 331 g/mol. The van der Waals surface area contributed by atoms with Crippen LogP contribution >= 0.6 is 23.2 Å². The number of aliphatic hydroxyl groups excluding tert-OH is 1. The topological polar surface area (TPSA) is 36.4 Å². The van der Waals surface area contributed by atoms with Gasteiger partial charge in [-0.3, -0.25) is 9.88 Å². The average Bonchev–Trinajstić information content (AvgIpc) is 3.29. The summed E-state index contributed by atoms with van der Waals surface area (Å²) < 4.78 is 0. The molecule has 0 spiro atoms. The van der Waals surface area contributed by atoms with Crippen molar-refractivity contribution in [1.29, 1.82) is 0 Å². The number of rotatable bonds is 7. The average molecular weight is 351 g/mol. The van der Waals surface area contributed by atoms with Gasteiger partial charge in [-0.15, -0.1) is 0 Å². The third kappa shape index (κ3) is 4.04. The van der Waals surface area contributed by atoms with Gasteiger partial charge in [-0.1, -0.05) is 29.3 Å². The summed E-state index contributed by atoms with van der Waals surface area (Å²) in [6.45, 7) is 2.48. The molecule has 0 aliphatic heterocycles. The summed E-state index contributed by atoms with van der Waals surface area (Å²) in [5.74, 6) is 0. The predicted molar refractivity (Wildman–Crippen MR) is 94.0 cm³/mol. The van der Waals surface area contributed by atoms with Gasteiger partial charge in [-0.05, 0) is 48.2 Å². The molecule has 0 bridgehead atoms. The van der Waals surface area contributed by atoms with E-state index < -0.39 is 0 Å². The predicted octanol–water partition coefficient (Wildman–Crippen LogP) is 3.91. The van der Waals surface area contributed by atoms with Crippen molar-refractivity contribution >= 4 is 23.2 Å². The van der Waals surface area contributed by atoms with Crippen molar-refractivity contribution in [3.63, 3.8) is 0 Å². The zero-order valence-electron chi connectivity index (χ0n) is 12.9. The molecule has 1 aliphatic carbocycles. The number of nitrogens with zero attached hydrogens (tertiary/aromatic N) is 2. The van der Waals surface area contributed by atoms with Gasteiger partial charge in [-0.2, -0.15) is 0 Å². The maximum absolute atomic E-state index is 9.40. The van der Waals surface area contributed by atoms with Crippen LogP contribution in [-0.4, -0.2) is 34.7 Å². The summed E-state index contributed by atoms with van der Waals surface area (Å²) >= 11 is 12.4. The van der Waals surface area contributed by atoms with Crippen LogP contribution in [0.2, 0.25) is 10.0 Å². The molecule has 1 aromatic heterocycles. The van der Waals surface area contributed by atoms with Gasteiger partial charge < -0.3 is 5.11 Å². The van der Waals surface area contributed by atoms with Crippen LogP contribution < -0.4 is 0 Å². The number of aliphatic hydroxyl groups is 1. The Kier molecular flexibility index (Phi) is 5.22. The Balaban J connectivity index is 1.76. The highest BCUT2D eigenvalue weighted by Crippen LogP contribution is 2.51. The molecule has 1 saturated carbocycles. The van der Waals surface area contributed by atoms with Crippen LogP contribution in [0.15, 0.2) is 42.7 Å². The Morgan fingerprint density at radius 1 is 1.13 bits per heavy atom. The van der Waals surface area contributed by atoms with E-state index in [2.05, 4.69) is 9.88 Å². The Labute approximate surface area is 146 Å². The van der Waals surface area contributed by atoms with E-state index in [4.69, 9.17) is 23.2 Å². The molecule has 1 aromatic carbocycles. The van der Waals surface area contributed by atoms with Gasteiger partial charge in [0.05, 0.1) is 6.61 Å². The molecule has 0 atom stereocenters. The highest BCUT2D eigenvalue weighted by atomic mass is 35.5. The Morgan fingerprint density at radius 2 is 1.87 bits per heavy atom. The number of benzene rings is 1. The first-order valence-corrected chi connectivity index (χ1v) is 8.56. The molecule has 0 saturated heterocycles. The van der Waals surface area contributed by atoms with Crippen molar-refractivity contribution in [2.45, 2.75) is 24.8 Å². The summed E-state index contributed by atoms with van der Waals surface area (Å²) in [5.41, 5.74) is 2.46. The monoisotopic (exact) mass is 350 g/mol. The van der Waals surface area contributed by atoms with E-state index >= 15 is 0 Å². The molecule has 122 valence electrons. The standard InChI is InChI=1S/C18H20Cl2N2O/c19-15-1-2-16(17(20)11-15)18(5-6-18)13-22(9-10-23)12-14-3-7-21-8-4-14/h1-4,7-8,11,23H,5-6,9-10,12-13H2. The highest BCUT2D eigenvalue weighted by molar-refractivity contribution is 6.35. The number of aromatic nitrogens is 1. The first-order valence-electron chi connectivity index (χ1n) is 7.81. The number of hydrogen-bond acceptors (Lipinski definition) is 3. The molecule has 1 N–H and O–H groups in total. The zero-order valence-corrected chi connectivity index (χ0v) is 14.4. The SMILES string of the molecule is OCCN(Cc1ccncc1)CC1(c2ccc(Cl)cc2Cl)CC1.